The first-order valence-electron chi connectivity index (χ1n) is 4.84. The lowest BCUT2D eigenvalue weighted by molar-refractivity contribution is 0.0794. The summed E-state index contributed by atoms with van der Waals surface area (Å²) in [5.41, 5.74) is 0. The van der Waals surface area contributed by atoms with Crippen LogP contribution in [0.25, 0.3) is 0 Å². The Hall–Kier alpha value is -0.810. The van der Waals surface area contributed by atoms with Crippen LogP contribution < -0.4 is 10.6 Å². The number of methoxy groups -OCH3 is 1. The summed E-state index contributed by atoms with van der Waals surface area (Å²) in [5.74, 6) is 0. The minimum atomic E-state index is -0.379. The van der Waals surface area contributed by atoms with E-state index >= 15 is 0 Å². The summed E-state index contributed by atoms with van der Waals surface area (Å²) < 4.78 is 10.2. The third-order valence-electron chi connectivity index (χ3n) is 2.11. The van der Waals surface area contributed by atoms with Crippen LogP contribution in [-0.4, -0.2) is 44.5 Å². The van der Waals surface area contributed by atoms with Crippen molar-refractivity contribution in [1.29, 1.82) is 0 Å². The second-order valence-electron chi connectivity index (χ2n) is 3.64. The maximum Gasteiger partial charge on any atom is 0.407 e. The minimum absolute atomic E-state index is 0.00579. The van der Waals surface area contributed by atoms with Crippen molar-refractivity contribution in [2.45, 2.75) is 32.1 Å². The maximum atomic E-state index is 11.3. The summed E-state index contributed by atoms with van der Waals surface area (Å²) in [5, 5.41) is 5.90. The molecule has 0 bridgehead atoms. The van der Waals surface area contributed by atoms with E-state index in [1.54, 1.807) is 7.11 Å². The lowest BCUT2D eigenvalue weighted by atomic mass is 10.2. The van der Waals surface area contributed by atoms with Gasteiger partial charge in [0.15, 0.2) is 0 Å². The summed E-state index contributed by atoms with van der Waals surface area (Å²) in [6.07, 6.45) is -0.434. The van der Waals surface area contributed by atoms with Gasteiger partial charge in [-0.05, 0) is 13.8 Å². The van der Waals surface area contributed by atoms with Crippen molar-refractivity contribution in [3.05, 3.63) is 0 Å². The molecule has 0 aromatic heterocycles. The Balaban J connectivity index is 2.32. The van der Waals surface area contributed by atoms with Crippen molar-refractivity contribution < 1.29 is 14.3 Å². The molecule has 5 heteroatoms. The zero-order valence-electron chi connectivity index (χ0n) is 8.87. The van der Waals surface area contributed by atoms with Crippen LogP contribution in [0.4, 0.5) is 4.79 Å². The van der Waals surface area contributed by atoms with Crippen LogP contribution in [0.3, 0.4) is 0 Å². The second-order valence-corrected chi connectivity index (χ2v) is 3.64. The number of alkyl carbamates (subject to hydrolysis) is 1. The Bertz CT molecular complexity index is 196. The molecule has 1 saturated heterocycles. The Kier molecular flexibility index (Phi) is 4.16. The Morgan fingerprint density at radius 3 is 2.79 bits per heavy atom. The van der Waals surface area contributed by atoms with Crippen molar-refractivity contribution in [2.75, 3.05) is 20.2 Å². The molecule has 0 radical (unpaired) electrons. The highest BCUT2D eigenvalue weighted by molar-refractivity contribution is 5.67. The molecule has 0 spiro atoms. The van der Waals surface area contributed by atoms with Gasteiger partial charge < -0.3 is 20.1 Å². The summed E-state index contributed by atoms with van der Waals surface area (Å²) in [4.78, 5) is 11.3. The molecule has 1 aliphatic heterocycles. The van der Waals surface area contributed by atoms with Crippen molar-refractivity contribution in [1.82, 2.24) is 10.6 Å². The fourth-order valence-corrected chi connectivity index (χ4v) is 1.45. The van der Waals surface area contributed by atoms with E-state index in [9.17, 15) is 4.79 Å². The molecule has 0 aliphatic carbocycles. The monoisotopic (exact) mass is 202 g/mol. The van der Waals surface area contributed by atoms with Crippen molar-refractivity contribution in [3.8, 4) is 0 Å². The lowest BCUT2D eigenvalue weighted by Gasteiger charge is -2.19. The number of rotatable bonds is 3. The lowest BCUT2D eigenvalue weighted by Crippen LogP contribution is -2.44. The van der Waals surface area contributed by atoms with E-state index in [0.29, 0.717) is 0 Å². The first-order valence-corrected chi connectivity index (χ1v) is 4.84. The number of ether oxygens (including phenoxy) is 2. The van der Waals surface area contributed by atoms with E-state index < -0.39 is 0 Å². The van der Waals surface area contributed by atoms with Crippen LogP contribution in [-0.2, 0) is 9.47 Å². The maximum absolute atomic E-state index is 11.3. The fourth-order valence-electron chi connectivity index (χ4n) is 1.45. The van der Waals surface area contributed by atoms with Crippen molar-refractivity contribution in [3.63, 3.8) is 0 Å². The molecule has 2 atom stereocenters. The van der Waals surface area contributed by atoms with Gasteiger partial charge >= 0.3 is 6.09 Å². The normalized spacial score (nSPS) is 26.6. The topological polar surface area (TPSA) is 59.6 Å². The van der Waals surface area contributed by atoms with Gasteiger partial charge in [-0.15, -0.1) is 0 Å². The van der Waals surface area contributed by atoms with Gasteiger partial charge in [0.05, 0.1) is 18.2 Å². The van der Waals surface area contributed by atoms with Gasteiger partial charge in [-0.1, -0.05) is 0 Å². The molecule has 0 saturated carbocycles. The summed E-state index contributed by atoms with van der Waals surface area (Å²) >= 11 is 0. The van der Waals surface area contributed by atoms with Crippen molar-refractivity contribution >= 4 is 6.09 Å². The number of carbonyl (C=O) groups excluding carboxylic acids is 1. The van der Waals surface area contributed by atoms with Crippen LogP contribution in [0, 0.1) is 0 Å². The van der Waals surface area contributed by atoms with Crippen LogP contribution in [0.2, 0.25) is 0 Å². The highest BCUT2D eigenvalue weighted by atomic mass is 16.6. The minimum Gasteiger partial charge on any atom is -0.447 e. The number of hydrogen-bond acceptors (Lipinski definition) is 4. The van der Waals surface area contributed by atoms with Crippen LogP contribution in [0.1, 0.15) is 13.8 Å². The highest BCUT2D eigenvalue weighted by Gasteiger charge is 2.28. The summed E-state index contributed by atoms with van der Waals surface area (Å²) in [7, 11) is 1.64. The van der Waals surface area contributed by atoms with E-state index in [-0.39, 0.29) is 24.3 Å². The fraction of sp³-hybridized carbons (Fsp3) is 0.889. The molecule has 1 heterocycles. The van der Waals surface area contributed by atoms with E-state index in [0.717, 1.165) is 13.1 Å². The van der Waals surface area contributed by atoms with Crippen molar-refractivity contribution in [2.24, 2.45) is 0 Å². The molecule has 0 aromatic rings. The summed E-state index contributed by atoms with van der Waals surface area (Å²) in [6.45, 7) is 5.13. The first kappa shape index (κ1) is 11.3. The van der Waals surface area contributed by atoms with Gasteiger partial charge in [-0.25, -0.2) is 4.79 Å². The van der Waals surface area contributed by atoms with E-state index in [1.165, 1.54) is 0 Å². The largest absolute Gasteiger partial charge is 0.447 e. The number of hydrogen-bond donors (Lipinski definition) is 2. The zero-order valence-corrected chi connectivity index (χ0v) is 8.87. The molecule has 0 aromatic carbocycles. The molecule has 1 amide bonds. The van der Waals surface area contributed by atoms with E-state index in [2.05, 4.69) is 10.6 Å². The number of carbonyl (C=O) groups is 1. The Morgan fingerprint density at radius 1 is 1.50 bits per heavy atom. The predicted octanol–water partition coefficient (Wildman–Crippen LogP) is 0.108. The number of amides is 1. The molecule has 5 nitrogen and oxygen atoms in total. The molecule has 82 valence electrons. The van der Waals surface area contributed by atoms with E-state index in [1.807, 2.05) is 13.8 Å². The van der Waals surface area contributed by atoms with E-state index in [4.69, 9.17) is 9.47 Å². The molecular weight excluding hydrogens is 184 g/mol. The second kappa shape index (κ2) is 5.17. The summed E-state index contributed by atoms with van der Waals surface area (Å²) in [6, 6.07) is 0.00579. The number of nitrogens with one attached hydrogen (secondary N) is 2. The van der Waals surface area contributed by atoms with Gasteiger partial charge in [0.1, 0.15) is 0 Å². The predicted molar refractivity (Wildman–Crippen MR) is 52.2 cm³/mol. The highest BCUT2D eigenvalue weighted by Crippen LogP contribution is 2.04. The third kappa shape index (κ3) is 3.16. The first-order chi connectivity index (χ1) is 6.63. The average molecular weight is 202 g/mol. The zero-order chi connectivity index (χ0) is 10.6. The molecule has 1 rings (SSSR count). The average Bonchev–Trinajstić information content (AvgIpc) is 2.50. The molecule has 2 N–H and O–H groups in total. The molecule has 1 unspecified atom stereocenters. The molecular formula is C9H18N2O3. The molecule has 1 aliphatic rings. The van der Waals surface area contributed by atoms with Crippen LogP contribution >= 0.6 is 0 Å². The molecule has 1 fully saturated rings. The Labute approximate surface area is 84.1 Å². The van der Waals surface area contributed by atoms with Crippen LogP contribution in [0.5, 0.6) is 0 Å². The third-order valence-corrected chi connectivity index (χ3v) is 2.11. The van der Waals surface area contributed by atoms with Gasteiger partial charge in [0.25, 0.3) is 0 Å². The Morgan fingerprint density at radius 2 is 2.21 bits per heavy atom. The van der Waals surface area contributed by atoms with Gasteiger partial charge in [-0.3, -0.25) is 0 Å². The SMILES string of the molecule is CO[C@H]1CNCC1NC(=O)OC(C)C. The molecule has 14 heavy (non-hydrogen) atoms. The van der Waals surface area contributed by atoms with Gasteiger partial charge in [0, 0.05) is 20.2 Å². The van der Waals surface area contributed by atoms with Crippen LogP contribution in [0.15, 0.2) is 0 Å². The van der Waals surface area contributed by atoms with Gasteiger partial charge in [0.2, 0.25) is 0 Å². The smallest absolute Gasteiger partial charge is 0.407 e. The van der Waals surface area contributed by atoms with Gasteiger partial charge in [-0.2, -0.15) is 0 Å². The standard InChI is InChI=1S/C9H18N2O3/c1-6(2)14-9(12)11-7-4-10-5-8(7)13-3/h6-8,10H,4-5H2,1-3H3,(H,11,12)/t7?,8-/m0/s1. The quantitative estimate of drug-likeness (QED) is 0.682.